The summed E-state index contributed by atoms with van der Waals surface area (Å²) < 4.78 is 28.3. The number of hydrogen-bond donors (Lipinski definition) is 2. The predicted molar refractivity (Wildman–Crippen MR) is 125 cm³/mol. The molecule has 3 aliphatic rings. The van der Waals surface area contributed by atoms with Crippen LogP contribution >= 0.6 is 11.3 Å². The first-order valence-corrected chi connectivity index (χ1v) is 11.7. The van der Waals surface area contributed by atoms with Crippen molar-refractivity contribution in [3.63, 3.8) is 0 Å². The number of aliphatic imine (C=N–C) groups is 1. The number of nitrogens with two attached hydrogens (primary N) is 1. The standard InChI is InChI=1S/C24H23F2N5OS/c25-16-7-3-8-17(26)21(16)24-30-20(13-33-24)23(32)29-19-11-28-18-9-2-1-6-15(18)22(19)31-10-4-5-14(27)12-31/h1-3,6-9,11,13-15,18H,4-5,10,12,27H2,(H,29,32)/t14-,15?,18?/m0/s1. The van der Waals surface area contributed by atoms with Gasteiger partial charge in [-0.3, -0.25) is 9.79 Å². The summed E-state index contributed by atoms with van der Waals surface area (Å²) in [6.45, 7) is 1.56. The number of halogens is 2. The highest BCUT2D eigenvalue weighted by atomic mass is 32.1. The van der Waals surface area contributed by atoms with Gasteiger partial charge in [-0.25, -0.2) is 13.8 Å². The SMILES string of the molecule is N[C@H]1CCCN(C2=C(NC(=O)c3csc(-c4c(F)cccc4F)n3)C=NC3C=CC=CC23)C1. The van der Waals surface area contributed by atoms with Gasteiger partial charge in [0.05, 0.1) is 17.3 Å². The van der Waals surface area contributed by atoms with E-state index >= 15 is 0 Å². The van der Waals surface area contributed by atoms with Gasteiger partial charge in [-0.2, -0.15) is 0 Å². The molecule has 2 aliphatic heterocycles. The fraction of sp³-hybridized carbons (Fsp3) is 0.292. The van der Waals surface area contributed by atoms with Crippen molar-refractivity contribution in [3.8, 4) is 10.6 Å². The number of hydrogen-bond acceptors (Lipinski definition) is 6. The van der Waals surface area contributed by atoms with Crippen LogP contribution in [0.15, 0.2) is 64.3 Å². The van der Waals surface area contributed by atoms with E-state index in [0.29, 0.717) is 12.2 Å². The van der Waals surface area contributed by atoms with E-state index in [-0.39, 0.29) is 34.3 Å². The van der Waals surface area contributed by atoms with E-state index < -0.39 is 17.5 Å². The van der Waals surface area contributed by atoms with Crippen molar-refractivity contribution in [3.05, 3.63) is 76.6 Å². The third-order valence-corrected chi connectivity index (χ3v) is 6.89. The summed E-state index contributed by atoms with van der Waals surface area (Å²) in [6, 6.07) is 3.67. The zero-order valence-electron chi connectivity index (χ0n) is 17.7. The van der Waals surface area contributed by atoms with Gasteiger partial charge in [-0.05, 0) is 25.0 Å². The Morgan fingerprint density at radius 3 is 2.79 bits per heavy atom. The highest BCUT2D eigenvalue weighted by Crippen LogP contribution is 2.33. The van der Waals surface area contributed by atoms with E-state index in [1.54, 1.807) is 6.21 Å². The number of benzene rings is 1. The molecule has 6 nitrogen and oxygen atoms in total. The van der Waals surface area contributed by atoms with Crippen molar-refractivity contribution >= 4 is 23.5 Å². The first kappa shape index (κ1) is 21.7. The van der Waals surface area contributed by atoms with Gasteiger partial charge in [-0.1, -0.05) is 30.4 Å². The monoisotopic (exact) mass is 467 g/mol. The lowest BCUT2D eigenvalue weighted by atomic mass is 9.87. The molecular weight excluding hydrogens is 444 g/mol. The van der Waals surface area contributed by atoms with Gasteiger partial charge in [0.1, 0.15) is 22.3 Å². The molecule has 5 rings (SSSR count). The number of nitrogens with zero attached hydrogens (tertiary/aromatic N) is 3. The number of allylic oxidation sites excluding steroid dienone is 3. The van der Waals surface area contributed by atoms with E-state index in [0.717, 1.165) is 36.4 Å². The van der Waals surface area contributed by atoms with E-state index in [2.05, 4.69) is 26.3 Å². The maximum Gasteiger partial charge on any atom is 0.275 e. The highest BCUT2D eigenvalue weighted by Gasteiger charge is 2.33. The zero-order chi connectivity index (χ0) is 22.9. The molecule has 9 heteroatoms. The Bertz CT molecular complexity index is 1180. The number of nitrogens with one attached hydrogen (secondary N) is 1. The highest BCUT2D eigenvalue weighted by molar-refractivity contribution is 7.13. The molecule has 0 saturated carbocycles. The Hall–Kier alpha value is -3.17. The lowest BCUT2D eigenvalue weighted by Crippen LogP contribution is -2.47. The van der Waals surface area contributed by atoms with Gasteiger partial charge in [0.25, 0.3) is 5.91 Å². The number of likely N-dealkylation sites (tertiary alicyclic amines) is 1. The topological polar surface area (TPSA) is 83.6 Å². The molecule has 2 unspecified atom stereocenters. The molecule has 2 aromatic rings. The van der Waals surface area contributed by atoms with Crippen molar-refractivity contribution < 1.29 is 13.6 Å². The van der Waals surface area contributed by atoms with Crippen molar-refractivity contribution in [1.82, 2.24) is 15.2 Å². The third-order valence-electron chi connectivity index (χ3n) is 6.03. The van der Waals surface area contributed by atoms with Crippen LogP contribution in [0, 0.1) is 17.6 Å². The van der Waals surface area contributed by atoms with Crippen LogP contribution in [0.3, 0.4) is 0 Å². The Labute approximate surface area is 194 Å². The van der Waals surface area contributed by atoms with Crippen LogP contribution in [0.25, 0.3) is 10.6 Å². The first-order chi connectivity index (χ1) is 16.0. The lowest BCUT2D eigenvalue weighted by molar-refractivity contribution is 0.0961. The number of amides is 1. The number of carbonyl (C=O) groups excluding carboxylic acids is 1. The second-order valence-electron chi connectivity index (χ2n) is 8.30. The maximum absolute atomic E-state index is 14.1. The maximum atomic E-state index is 14.1. The van der Waals surface area contributed by atoms with Crippen LogP contribution in [-0.4, -0.2) is 47.2 Å². The largest absolute Gasteiger partial charge is 0.371 e. The molecule has 170 valence electrons. The molecule has 33 heavy (non-hydrogen) atoms. The summed E-state index contributed by atoms with van der Waals surface area (Å²) in [5, 5.41) is 4.55. The van der Waals surface area contributed by atoms with Gasteiger partial charge in [-0.15, -0.1) is 11.3 Å². The Balaban J connectivity index is 1.45. The van der Waals surface area contributed by atoms with Crippen LogP contribution in [0.2, 0.25) is 0 Å². The van der Waals surface area contributed by atoms with E-state index in [1.807, 2.05) is 18.2 Å². The lowest BCUT2D eigenvalue weighted by Gasteiger charge is -2.40. The molecule has 1 aromatic carbocycles. The minimum atomic E-state index is -0.717. The molecule has 0 radical (unpaired) electrons. The molecule has 1 amide bonds. The smallest absolute Gasteiger partial charge is 0.275 e. The third kappa shape index (κ3) is 4.26. The van der Waals surface area contributed by atoms with E-state index in [9.17, 15) is 13.6 Å². The fourth-order valence-electron chi connectivity index (χ4n) is 4.48. The molecule has 3 heterocycles. The molecule has 0 spiro atoms. The van der Waals surface area contributed by atoms with E-state index in [4.69, 9.17) is 5.73 Å². The molecule has 1 aliphatic carbocycles. The number of aromatic nitrogens is 1. The number of piperidine rings is 1. The van der Waals surface area contributed by atoms with Crippen LogP contribution in [0.5, 0.6) is 0 Å². The summed E-state index contributed by atoms with van der Waals surface area (Å²) >= 11 is 1.02. The minimum Gasteiger partial charge on any atom is -0.371 e. The van der Waals surface area contributed by atoms with Gasteiger partial charge < -0.3 is 16.0 Å². The zero-order valence-corrected chi connectivity index (χ0v) is 18.6. The van der Waals surface area contributed by atoms with Gasteiger partial charge in [0.15, 0.2) is 0 Å². The van der Waals surface area contributed by atoms with Crippen LogP contribution < -0.4 is 11.1 Å². The summed E-state index contributed by atoms with van der Waals surface area (Å²) in [5.74, 6) is -1.89. The molecule has 1 aromatic heterocycles. The van der Waals surface area contributed by atoms with Crippen LogP contribution in [-0.2, 0) is 0 Å². The number of carbonyl (C=O) groups is 1. The first-order valence-electron chi connectivity index (χ1n) is 10.9. The molecule has 3 N–H and O–H groups in total. The molecule has 3 atom stereocenters. The fourth-order valence-corrected chi connectivity index (χ4v) is 5.33. The second kappa shape index (κ2) is 8.99. The average Bonchev–Trinajstić information content (AvgIpc) is 3.29. The Kier molecular flexibility index (Phi) is 5.90. The molecule has 1 fully saturated rings. The summed E-state index contributed by atoms with van der Waals surface area (Å²) in [7, 11) is 0. The summed E-state index contributed by atoms with van der Waals surface area (Å²) in [5.41, 5.74) is 7.67. The quantitative estimate of drug-likeness (QED) is 0.719. The van der Waals surface area contributed by atoms with E-state index in [1.165, 1.54) is 23.6 Å². The number of rotatable bonds is 4. The van der Waals surface area contributed by atoms with Crippen LogP contribution in [0.1, 0.15) is 23.3 Å². The molecule has 0 bridgehead atoms. The van der Waals surface area contributed by atoms with Gasteiger partial charge >= 0.3 is 0 Å². The summed E-state index contributed by atoms with van der Waals surface area (Å²) in [4.78, 5) is 24.1. The van der Waals surface area contributed by atoms with Crippen molar-refractivity contribution in [2.75, 3.05) is 13.1 Å². The Morgan fingerprint density at radius 1 is 1.21 bits per heavy atom. The Morgan fingerprint density at radius 2 is 2.00 bits per heavy atom. The van der Waals surface area contributed by atoms with Crippen molar-refractivity contribution in [1.29, 1.82) is 0 Å². The molecule has 1 saturated heterocycles. The normalized spacial score (nSPS) is 24.2. The number of fused-ring (bicyclic) bond motifs is 1. The minimum absolute atomic E-state index is 0.000828. The van der Waals surface area contributed by atoms with Gasteiger partial charge in [0, 0.05) is 42.3 Å². The number of dihydropyridines is 1. The van der Waals surface area contributed by atoms with Crippen molar-refractivity contribution in [2.45, 2.75) is 24.9 Å². The predicted octanol–water partition coefficient (Wildman–Crippen LogP) is 3.65. The summed E-state index contributed by atoms with van der Waals surface area (Å²) in [6.07, 6.45) is 11.7. The van der Waals surface area contributed by atoms with Crippen molar-refractivity contribution in [2.24, 2.45) is 16.6 Å². The number of thiazole rings is 1. The molecular formula is C24H23F2N5OS. The average molecular weight is 468 g/mol. The van der Waals surface area contributed by atoms with Crippen LogP contribution in [0.4, 0.5) is 8.78 Å². The second-order valence-corrected chi connectivity index (χ2v) is 9.16. The van der Waals surface area contributed by atoms with Gasteiger partial charge in [0.2, 0.25) is 0 Å².